The molecule has 0 unspecified atom stereocenters. The number of aryl methyl sites for hydroxylation is 2. The number of nitrogens with zero attached hydrogens (tertiary/aromatic N) is 2. The van der Waals surface area contributed by atoms with Crippen LogP contribution < -0.4 is 5.56 Å². The molecule has 24 heavy (non-hydrogen) atoms. The van der Waals surface area contributed by atoms with E-state index in [9.17, 15) is 15.1 Å². The average Bonchev–Trinajstić information content (AvgIpc) is 2.97. The van der Waals surface area contributed by atoms with Crippen molar-refractivity contribution in [1.82, 2.24) is 14.7 Å². The van der Waals surface area contributed by atoms with Crippen LogP contribution in [0.1, 0.15) is 30.8 Å². The molecular formula is C18H21N3O3. The summed E-state index contributed by atoms with van der Waals surface area (Å²) in [6.07, 6.45) is 3.23. The van der Waals surface area contributed by atoms with E-state index in [0.717, 1.165) is 16.5 Å². The summed E-state index contributed by atoms with van der Waals surface area (Å²) in [7, 11) is 0. The minimum Gasteiger partial charge on any atom is -0.492 e. The normalized spacial score (nSPS) is 11.5. The van der Waals surface area contributed by atoms with Crippen LogP contribution in [0.15, 0.2) is 35.3 Å². The molecule has 0 aliphatic carbocycles. The van der Waals surface area contributed by atoms with Gasteiger partial charge in [-0.25, -0.2) is 4.98 Å². The summed E-state index contributed by atoms with van der Waals surface area (Å²) in [5, 5.41) is 21.2. The van der Waals surface area contributed by atoms with Gasteiger partial charge in [0.25, 0.3) is 0 Å². The quantitative estimate of drug-likeness (QED) is 0.628. The number of aromatic amines is 1. The fourth-order valence-corrected chi connectivity index (χ4v) is 2.90. The molecule has 3 aromatic rings. The average molecular weight is 327 g/mol. The first-order valence-electron chi connectivity index (χ1n) is 8.05. The Bertz CT molecular complexity index is 925. The Labute approximate surface area is 139 Å². The van der Waals surface area contributed by atoms with Crippen LogP contribution in [-0.2, 0) is 19.3 Å². The van der Waals surface area contributed by atoms with Crippen molar-refractivity contribution in [2.45, 2.75) is 33.1 Å². The van der Waals surface area contributed by atoms with Crippen LogP contribution in [0, 0.1) is 5.92 Å². The van der Waals surface area contributed by atoms with E-state index < -0.39 is 5.56 Å². The Morgan fingerprint density at radius 1 is 1.25 bits per heavy atom. The summed E-state index contributed by atoms with van der Waals surface area (Å²) in [5.74, 6) is -0.0905. The summed E-state index contributed by atoms with van der Waals surface area (Å²) in [4.78, 5) is 19.5. The van der Waals surface area contributed by atoms with Crippen LogP contribution >= 0.6 is 0 Å². The number of aromatic hydroxyl groups is 1. The lowest BCUT2D eigenvalue weighted by Crippen LogP contribution is -2.27. The molecule has 0 aliphatic rings. The first kappa shape index (κ1) is 16.1. The van der Waals surface area contributed by atoms with E-state index in [1.165, 1.54) is 0 Å². The van der Waals surface area contributed by atoms with Gasteiger partial charge in [-0.05, 0) is 36.8 Å². The van der Waals surface area contributed by atoms with Crippen LogP contribution in [0.5, 0.6) is 5.88 Å². The van der Waals surface area contributed by atoms with Crippen molar-refractivity contribution in [3.63, 3.8) is 0 Å². The van der Waals surface area contributed by atoms with Gasteiger partial charge in [-0.1, -0.05) is 32.0 Å². The molecular weight excluding hydrogens is 306 g/mol. The van der Waals surface area contributed by atoms with Crippen molar-refractivity contribution >= 4 is 10.9 Å². The van der Waals surface area contributed by atoms with Gasteiger partial charge < -0.3 is 15.3 Å². The highest BCUT2D eigenvalue weighted by atomic mass is 16.5. The van der Waals surface area contributed by atoms with Crippen LogP contribution in [0.4, 0.5) is 0 Å². The van der Waals surface area contributed by atoms with E-state index in [4.69, 9.17) is 0 Å². The van der Waals surface area contributed by atoms with Crippen LogP contribution in [0.2, 0.25) is 0 Å². The zero-order chi connectivity index (χ0) is 17.3. The highest BCUT2D eigenvalue weighted by Gasteiger charge is 2.17. The molecule has 0 saturated heterocycles. The van der Waals surface area contributed by atoms with Gasteiger partial charge in [0.2, 0.25) is 5.88 Å². The molecule has 3 N–H and O–H groups in total. The van der Waals surface area contributed by atoms with E-state index >= 15 is 0 Å². The molecule has 2 aromatic heterocycles. The van der Waals surface area contributed by atoms with Crippen LogP contribution in [0.3, 0.4) is 0 Å². The summed E-state index contributed by atoms with van der Waals surface area (Å²) in [5.41, 5.74) is 1.86. The van der Waals surface area contributed by atoms with Crippen molar-refractivity contribution in [1.29, 1.82) is 0 Å². The number of para-hydroxylation sites is 1. The summed E-state index contributed by atoms with van der Waals surface area (Å²) < 4.78 is 0.535. The third-order valence-corrected chi connectivity index (χ3v) is 4.10. The van der Waals surface area contributed by atoms with Crippen molar-refractivity contribution in [2.75, 3.05) is 0 Å². The molecule has 0 bridgehead atoms. The number of rotatable bonds is 5. The lowest BCUT2D eigenvalue weighted by molar-refractivity contribution is 0.155. The molecule has 2 heterocycles. The molecule has 0 aliphatic heterocycles. The second-order valence-electron chi connectivity index (χ2n) is 6.40. The Kier molecular flexibility index (Phi) is 4.29. The van der Waals surface area contributed by atoms with Crippen molar-refractivity contribution in [2.24, 2.45) is 5.92 Å². The molecule has 0 amide bonds. The highest BCUT2D eigenvalue weighted by molar-refractivity contribution is 5.83. The number of hydrogen-bond acceptors (Lipinski definition) is 4. The van der Waals surface area contributed by atoms with Gasteiger partial charge in [-0.15, -0.1) is 4.73 Å². The lowest BCUT2D eigenvalue weighted by atomic mass is 10.1. The van der Waals surface area contributed by atoms with Crippen LogP contribution in [0.25, 0.3) is 10.9 Å². The zero-order valence-corrected chi connectivity index (χ0v) is 13.8. The maximum Gasteiger partial charge on any atom is 0.305 e. The lowest BCUT2D eigenvalue weighted by Gasteiger charge is -2.11. The van der Waals surface area contributed by atoms with Gasteiger partial charge in [-0.2, -0.15) is 0 Å². The summed E-state index contributed by atoms with van der Waals surface area (Å²) in [6, 6.07) is 7.93. The molecule has 1 aromatic carbocycles. The SMILES string of the molecule is CC(C)Cc1c(O)nc(CCc2c[nH]c3ccccc23)c(=O)n1O. The molecule has 6 nitrogen and oxygen atoms in total. The van der Waals surface area contributed by atoms with E-state index in [1.54, 1.807) is 0 Å². The van der Waals surface area contributed by atoms with E-state index in [2.05, 4.69) is 9.97 Å². The number of aromatic nitrogens is 3. The molecule has 3 rings (SSSR count). The number of H-pyrrole nitrogens is 1. The van der Waals surface area contributed by atoms with Crippen molar-refractivity contribution in [3.8, 4) is 5.88 Å². The van der Waals surface area contributed by atoms with Gasteiger partial charge in [-0.3, -0.25) is 4.79 Å². The summed E-state index contributed by atoms with van der Waals surface area (Å²) in [6.45, 7) is 3.88. The Morgan fingerprint density at radius 3 is 2.75 bits per heavy atom. The molecule has 126 valence electrons. The van der Waals surface area contributed by atoms with Gasteiger partial charge >= 0.3 is 5.56 Å². The first-order chi connectivity index (χ1) is 11.5. The molecule has 0 fully saturated rings. The topological polar surface area (TPSA) is 91.1 Å². The Balaban J connectivity index is 1.87. The van der Waals surface area contributed by atoms with Gasteiger partial charge in [0.1, 0.15) is 11.4 Å². The van der Waals surface area contributed by atoms with Gasteiger partial charge in [0.05, 0.1) is 0 Å². The van der Waals surface area contributed by atoms with Gasteiger partial charge in [0, 0.05) is 17.1 Å². The standard InChI is InChI=1S/C18H21N3O3/c1-11(2)9-16-17(22)20-15(18(23)21(16)24)8-7-12-10-19-14-6-4-3-5-13(12)14/h3-6,10-11,19,22,24H,7-9H2,1-2H3. The Hall–Kier alpha value is -2.76. The second kappa shape index (κ2) is 6.39. The molecule has 6 heteroatoms. The molecule has 0 spiro atoms. The zero-order valence-electron chi connectivity index (χ0n) is 13.8. The second-order valence-corrected chi connectivity index (χ2v) is 6.40. The van der Waals surface area contributed by atoms with Crippen molar-refractivity contribution < 1.29 is 10.3 Å². The largest absolute Gasteiger partial charge is 0.492 e. The third-order valence-electron chi connectivity index (χ3n) is 4.10. The third kappa shape index (κ3) is 2.99. The number of hydrogen-bond donors (Lipinski definition) is 3. The van der Waals surface area contributed by atoms with E-state index in [0.29, 0.717) is 24.0 Å². The van der Waals surface area contributed by atoms with Crippen molar-refractivity contribution in [3.05, 3.63) is 57.8 Å². The summed E-state index contributed by atoms with van der Waals surface area (Å²) >= 11 is 0. The maximum atomic E-state index is 12.3. The highest BCUT2D eigenvalue weighted by Crippen LogP contribution is 2.20. The van der Waals surface area contributed by atoms with E-state index in [-0.39, 0.29) is 23.2 Å². The predicted molar refractivity (Wildman–Crippen MR) is 91.6 cm³/mol. The first-order valence-corrected chi connectivity index (χ1v) is 8.05. The minimum atomic E-state index is -0.566. The fourth-order valence-electron chi connectivity index (χ4n) is 2.90. The van der Waals surface area contributed by atoms with Gasteiger partial charge in [0.15, 0.2) is 0 Å². The smallest absolute Gasteiger partial charge is 0.305 e. The molecule has 0 atom stereocenters. The van der Waals surface area contributed by atoms with E-state index in [1.807, 2.05) is 44.3 Å². The predicted octanol–water partition coefficient (Wildman–Crippen LogP) is 2.65. The number of benzene rings is 1. The fraction of sp³-hybridized carbons (Fsp3) is 0.333. The maximum absolute atomic E-state index is 12.3. The molecule has 0 saturated carbocycles. The minimum absolute atomic E-state index is 0.158. The van der Waals surface area contributed by atoms with Crippen LogP contribution in [-0.4, -0.2) is 25.0 Å². The number of fused-ring (bicyclic) bond motifs is 1. The number of nitrogens with one attached hydrogen (secondary N) is 1. The monoisotopic (exact) mass is 327 g/mol. The molecule has 0 radical (unpaired) electrons. The Morgan fingerprint density at radius 2 is 2.00 bits per heavy atom.